The minimum atomic E-state index is -0.346. The van der Waals surface area contributed by atoms with Gasteiger partial charge in [0.05, 0.1) is 11.8 Å². The summed E-state index contributed by atoms with van der Waals surface area (Å²) >= 11 is 0. The lowest BCUT2D eigenvalue weighted by molar-refractivity contribution is -0.138. The number of likely N-dealkylation sites (N-methyl/N-ethyl adjacent to an activating group) is 1. The first-order valence-corrected chi connectivity index (χ1v) is 11.5. The van der Waals surface area contributed by atoms with Crippen LogP contribution in [0.25, 0.3) is 0 Å². The molecule has 7 nitrogen and oxygen atoms in total. The first-order valence-electron chi connectivity index (χ1n) is 11.5. The maximum absolute atomic E-state index is 13.4. The molecule has 2 saturated heterocycles. The Morgan fingerprint density at radius 1 is 1.06 bits per heavy atom. The minimum Gasteiger partial charge on any atom is -0.341 e. The van der Waals surface area contributed by atoms with Crippen LogP contribution in [0.4, 0.5) is 10.1 Å². The third kappa shape index (κ3) is 5.94. The number of benzene rings is 1. The molecule has 0 aliphatic carbocycles. The molecular formula is C25H32FN5O2. The fourth-order valence-electron chi connectivity index (χ4n) is 4.83. The van der Waals surface area contributed by atoms with E-state index in [0.29, 0.717) is 37.8 Å². The number of hydrogen-bond acceptors (Lipinski definition) is 5. The number of rotatable bonds is 6. The number of piperidine rings is 1. The second-order valence-corrected chi connectivity index (χ2v) is 9.37. The Hall–Kier alpha value is -2.84. The van der Waals surface area contributed by atoms with Gasteiger partial charge in [-0.05, 0) is 68.9 Å². The lowest BCUT2D eigenvalue weighted by atomic mass is 9.87. The number of aromatic nitrogens is 1. The van der Waals surface area contributed by atoms with Crippen molar-refractivity contribution in [1.82, 2.24) is 19.7 Å². The number of nitrogens with one attached hydrogen (secondary N) is 1. The largest absolute Gasteiger partial charge is 0.341 e. The molecule has 1 aromatic carbocycles. The molecule has 0 saturated carbocycles. The van der Waals surface area contributed by atoms with Gasteiger partial charge in [-0.25, -0.2) is 4.39 Å². The highest BCUT2D eigenvalue weighted by Crippen LogP contribution is 2.28. The zero-order valence-corrected chi connectivity index (χ0v) is 19.3. The van der Waals surface area contributed by atoms with Crippen molar-refractivity contribution in [1.29, 1.82) is 0 Å². The van der Waals surface area contributed by atoms with E-state index in [2.05, 4.69) is 20.1 Å². The summed E-state index contributed by atoms with van der Waals surface area (Å²) < 4.78 is 13.2. The molecule has 2 aromatic rings. The Morgan fingerprint density at radius 2 is 1.76 bits per heavy atom. The summed E-state index contributed by atoms with van der Waals surface area (Å²) in [6.45, 7) is 3.35. The van der Waals surface area contributed by atoms with E-state index in [1.165, 1.54) is 12.1 Å². The Morgan fingerprint density at radius 3 is 2.42 bits per heavy atom. The highest BCUT2D eigenvalue weighted by Gasteiger charge is 2.38. The third-order valence-electron chi connectivity index (χ3n) is 6.72. The number of hydrogen-bond donors (Lipinski definition) is 1. The number of anilines is 1. The molecule has 2 fully saturated rings. The topological polar surface area (TPSA) is 68.8 Å². The first-order chi connectivity index (χ1) is 15.9. The highest BCUT2D eigenvalue weighted by atomic mass is 19.1. The molecule has 0 spiro atoms. The molecule has 1 unspecified atom stereocenters. The molecule has 2 aliphatic heterocycles. The summed E-state index contributed by atoms with van der Waals surface area (Å²) in [5.41, 5.74) is 1.66. The molecule has 2 amide bonds. The van der Waals surface area contributed by atoms with Crippen LogP contribution < -0.4 is 5.32 Å². The summed E-state index contributed by atoms with van der Waals surface area (Å²) in [6.07, 6.45) is 5.00. The average Bonchev–Trinajstić information content (AvgIpc) is 3.31. The number of nitrogens with zero attached hydrogens (tertiary/aromatic N) is 4. The summed E-state index contributed by atoms with van der Waals surface area (Å²) in [5, 5.41) is 2.90. The lowest BCUT2D eigenvalue weighted by Crippen LogP contribution is -2.49. The Balaban J connectivity index is 1.47. The second kappa shape index (κ2) is 10.4. The van der Waals surface area contributed by atoms with Crippen molar-refractivity contribution < 1.29 is 14.0 Å². The van der Waals surface area contributed by atoms with E-state index >= 15 is 0 Å². The SMILES string of the molecule is CN(C)C1CCN(C(=O)[C@H]2C[C@@H](C(=O)Nc3ccc(F)cc3)CN(Cc3ccncc3)C2)C1. The van der Waals surface area contributed by atoms with Crippen molar-refractivity contribution in [2.45, 2.75) is 25.4 Å². The maximum Gasteiger partial charge on any atom is 0.228 e. The monoisotopic (exact) mass is 453 g/mol. The fraction of sp³-hybridized carbons (Fsp3) is 0.480. The minimum absolute atomic E-state index is 0.133. The third-order valence-corrected chi connectivity index (χ3v) is 6.72. The molecular weight excluding hydrogens is 421 g/mol. The van der Waals surface area contributed by atoms with Crippen LogP contribution in [0.5, 0.6) is 0 Å². The number of amides is 2. The van der Waals surface area contributed by atoms with E-state index < -0.39 is 0 Å². The summed E-state index contributed by atoms with van der Waals surface area (Å²) in [6, 6.07) is 10.1. The van der Waals surface area contributed by atoms with Gasteiger partial charge < -0.3 is 15.1 Å². The molecule has 2 aliphatic rings. The van der Waals surface area contributed by atoms with Crippen LogP contribution in [0.3, 0.4) is 0 Å². The number of halogens is 1. The van der Waals surface area contributed by atoms with E-state index in [1.54, 1.807) is 24.5 Å². The van der Waals surface area contributed by atoms with Crippen molar-refractivity contribution >= 4 is 17.5 Å². The van der Waals surface area contributed by atoms with Crippen molar-refractivity contribution in [2.24, 2.45) is 11.8 Å². The molecule has 4 rings (SSSR count). The van der Waals surface area contributed by atoms with Crippen LogP contribution in [-0.4, -0.2) is 77.8 Å². The quantitative estimate of drug-likeness (QED) is 0.728. The Labute approximate surface area is 194 Å². The zero-order chi connectivity index (χ0) is 23.4. The van der Waals surface area contributed by atoms with Gasteiger partial charge >= 0.3 is 0 Å². The molecule has 1 N–H and O–H groups in total. The first kappa shape index (κ1) is 23.3. The van der Waals surface area contributed by atoms with E-state index in [-0.39, 0.29) is 29.5 Å². The van der Waals surface area contributed by atoms with Crippen LogP contribution in [-0.2, 0) is 16.1 Å². The van der Waals surface area contributed by atoms with E-state index in [4.69, 9.17) is 0 Å². The second-order valence-electron chi connectivity index (χ2n) is 9.37. The molecule has 3 atom stereocenters. The zero-order valence-electron chi connectivity index (χ0n) is 19.3. The standard InChI is InChI=1S/C25H32FN5O2/c1-29(2)23-9-12-31(17-23)25(33)20-13-19(24(32)28-22-5-3-21(26)4-6-22)15-30(16-20)14-18-7-10-27-11-8-18/h3-8,10-11,19-20,23H,9,12-17H2,1-2H3,(H,28,32)/t19-,20+,23?/m1/s1. The number of carbonyl (C=O) groups is 2. The van der Waals surface area contributed by atoms with E-state index in [9.17, 15) is 14.0 Å². The van der Waals surface area contributed by atoms with E-state index in [1.807, 2.05) is 31.1 Å². The van der Waals surface area contributed by atoms with Gasteiger partial charge in [-0.3, -0.25) is 19.5 Å². The van der Waals surface area contributed by atoms with Crippen molar-refractivity contribution in [2.75, 3.05) is 45.6 Å². The molecule has 176 valence electrons. The van der Waals surface area contributed by atoms with Crippen molar-refractivity contribution in [3.05, 3.63) is 60.2 Å². The molecule has 8 heteroatoms. The van der Waals surface area contributed by atoms with Gasteiger partial charge in [0, 0.05) is 56.8 Å². The number of pyridine rings is 1. The lowest BCUT2D eigenvalue weighted by Gasteiger charge is -2.38. The highest BCUT2D eigenvalue weighted by molar-refractivity contribution is 5.93. The van der Waals surface area contributed by atoms with Gasteiger partial charge in [0.15, 0.2) is 0 Å². The van der Waals surface area contributed by atoms with Crippen LogP contribution in [0.2, 0.25) is 0 Å². The Kier molecular flexibility index (Phi) is 7.35. The van der Waals surface area contributed by atoms with Crippen LogP contribution in [0.15, 0.2) is 48.8 Å². The van der Waals surface area contributed by atoms with Gasteiger partial charge in [-0.15, -0.1) is 0 Å². The van der Waals surface area contributed by atoms with E-state index in [0.717, 1.165) is 25.1 Å². The van der Waals surface area contributed by atoms with Crippen LogP contribution in [0, 0.1) is 17.7 Å². The maximum atomic E-state index is 13.4. The number of carbonyl (C=O) groups excluding carboxylic acids is 2. The predicted octanol–water partition coefficient (Wildman–Crippen LogP) is 2.46. The fourth-order valence-corrected chi connectivity index (χ4v) is 4.83. The van der Waals surface area contributed by atoms with Gasteiger partial charge in [0.1, 0.15) is 5.82 Å². The van der Waals surface area contributed by atoms with Crippen molar-refractivity contribution in [3.8, 4) is 0 Å². The predicted molar refractivity (Wildman–Crippen MR) is 125 cm³/mol. The molecule has 0 bridgehead atoms. The molecule has 0 radical (unpaired) electrons. The van der Waals surface area contributed by atoms with Gasteiger partial charge in [0.2, 0.25) is 11.8 Å². The average molecular weight is 454 g/mol. The van der Waals surface area contributed by atoms with Gasteiger partial charge in [0.25, 0.3) is 0 Å². The van der Waals surface area contributed by atoms with Crippen molar-refractivity contribution in [3.63, 3.8) is 0 Å². The molecule has 33 heavy (non-hydrogen) atoms. The van der Waals surface area contributed by atoms with Gasteiger partial charge in [-0.2, -0.15) is 0 Å². The van der Waals surface area contributed by atoms with Gasteiger partial charge in [-0.1, -0.05) is 0 Å². The van der Waals surface area contributed by atoms with Crippen LogP contribution >= 0.6 is 0 Å². The number of likely N-dealkylation sites (tertiary alicyclic amines) is 2. The molecule has 3 heterocycles. The smallest absolute Gasteiger partial charge is 0.228 e. The van der Waals surface area contributed by atoms with Crippen LogP contribution in [0.1, 0.15) is 18.4 Å². The normalized spacial score (nSPS) is 23.6. The summed E-state index contributed by atoms with van der Waals surface area (Å²) in [4.78, 5) is 36.9. The Bertz CT molecular complexity index is 953. The summed E-state index contributed by atoms with van der Waals surface area (Å²) in [5.74, 6) is -0.899. The summed E-state index contributed by atoms with van der Waals surface area (Å²) in [7, 11) is 4.09. The molecule has 1 aromatic heterocycles.